The average molecular weight is 315 g/mol. The number of benzene rings is 2. The van der Waals surface area contributed by atoms with E-state index in [4.69, 9.17) is 0 Å². The molecule has 0 bridgehead atoms. The van der Waals surface area contributed by atoms with Gasteiger partial charge in [-0.15, -0.1) is 5.12 Å². The largest absolute Gasteiger partial charge is 0.421 e. The van der Waals surface area contributed by atoms with Crippen molar-refractivity contribution >= 4 is 11.5 Å². The molecule has 0 unspecified atom stereocenters. The zero-order valence-corrected chi connectivity index (χ0v) is 11.0. The Morgan fingerprint density at radius 3 is 1.77 bits per heavy atom. The van der Waals surface area contributed by atoms with Crippen LogP contribution in [0.5, 0.6) is 0 Å². The molecule has 0 atom stereocenters. The molecule has 0 aromatic heterocycles. The van der Waals surface area contributed by atoms with Crippen molar-refractivity contribution in [3.63, 3.8) is 0 Å². The van der Waals surface area contributed by atoms with Gasteiger partial charge in [0.25, 0.3) is 0 Å². The molecule has 0 saturated carbocycles. The summed E-state index contributed by atoms with van der Waals surface area (Å²) in [5.41, 5.74) is -1.42. The number of hydrogen-bond donors (Lipinski definition) is 0. The van der Waals surface area contributed by atoms with Gasteiger partial charge in [-0.3, -0.25) is 4.79 Å². The van der Waals surface area contributed by atoms with Crippen LogP contribution in [0.15, 0.2) is 60.7 Å². The molecule has 0 aliphatic heterocycles. The molecule has 0 N–H and O–H groups in total. The van der Waals surface area contributed by atoms with Gasteiger partial charge in [0, 0.05) is 5.56 Å². The summed E-state index contributed by atoms with van der Waals surface area (Å²) in [5, 5.41) is -1.39. The SMILES string of the molecule is O=C(c1ccccc1)C(F)(F)C(F)(F)N(F)c1ccccc1. The molecule has 0 aliphatic rings. The van der Waals surface area contributed by atoms with E-state index < -0.39 is 34.1 Å². The average Bonchev–Trinajstić information content (AvgIpc) is 2.54. The lowest BCUT2D eigenvalue weighted by Gasteiger charge is -2.30. The highest BCUT2D eigenvalue weighted by Crippen LogP contribution is 2.42. The van der Waals surface area contributed by atoms with E-state index in [1.165, 1.54) is 36.4 Å². The van der Waals surface area contributed by atoms with E-state index in [-0.39, 0.29) is 0 Å². The Morgan fingerprint density at radius 2 is 1.27 bits per heavy atom. The Labute approximate surface area is 122 Å². The molecular formula is C15H10F5NO. The highest BCUT2D eigenvalue weighted by atomic mass is 19.3. The quantitative estimate of drug-likeness (QED) is 0.351. The van der Waals surface area contributed by atoms with Gasteiger partial charge in [-0.05, 0) is 12.1 Å². The molecule has 2 aromatic carbocycles. The fraction of sp³-hybridized carbons (Fsp3) is 0.133. The minimum absolute atomic E-state index is 0.631. The molecule has 116 valence electrons. The first-order valence-corrected chi connectivity index (χ1v) is 6.15. The Bertz CT molecular complexity index is 645. The summed E-state index contributed by atoms with van der Waals surface area (Å²) >= 11 is 0. The van der Waals surface area contributed by atoms with Crippen LogP contribution in [0, 0.1) is 0 Å². The van der Waals surface area contributed by atoms with Gasteiger partial charge in [0.15, 0.2) is 0 Å². The molecule has 0 heterocycles. The molecule has 0 fully saturated rings. The third-order valence-corrected chi connectivity index (χ3v) is 2.93. The molecule has 0 radical (unpaired) electrons. The Hall–Kier alpha value is -2.44. The van der Waals surface area contributed by atoms with E-state index in [2.05, 4.69) is 0 Å². The minimum Gasteiger partial charge on any atom is -0.287 e. The number of ketones is 1. The molecular weight excluding hydrogens is 305 g/mol. The van der Waals surface area contributed by atoms with E-state index >= 15 is 0 Å². The molecule has 7 heteroatoms. The van der Waals surface area contributed by atoms with Crippen molar-refractivity contribution < 1.29 is 26.8 Å². The van der Waals surface area contributed by atoms with Gasteiger partial charge in [-0.25, -0.2) is 0 Å². The van der Waals surface area contributed by atoms with Crippen molar-refractivity contribution in [3.05, 3.63) is 66.2 Å². The normalized spacial score (nSPS) is 12.0. The van der Waals surface area contributed by atoms with Crippen LogP contribution in [-0.4, -0.2) is 17.8 Å². The number of carbonyl (C=O) groups excluding carboxylic acids is 1. The smallest absolute Gasteiger partial charge is 0.287 e. The van der Waals surface area contributed by atoms with Crippen LogP contribution in [0.2, 0.25) is 0 Å². The maximum absolute atomic E-state index is 13.8. The molecule has 2 nitrogen and oxygen atoms in total. The van der Waals surface area contributed by atoms with Crippen molar-refractivity contribution in [3.8, 4) is 0 Å². The summed E-state index contributed by atoms with van der Waals surface area (Å²) in [6.07, 6.45) is 0. The van der Waals surface area contributed by atoms with Gasteiger partial charge in [-0.2, -0.15) is 17.6 Å². The van der Waals surface area contributed by atoms with Crippen LogP contribution < -0.4 is 5.12 Å². The number of para-hydroxylation sites is 1. The number of nitrogens with zero attached hydrogens (tertiary/aromatic N) is 1. The molecule has 0 aliphatic carbocycles. The standard InChI is InChI=1S/C15H10F5NO/c16-14(17,13(22)11-7-3-1-4-8-11)15(18,19)21(20)12-9-5-2-6-10-12/h1-10H. The van der Waals surface area contributed by atoms with Gasteiger partial charge in [0.05, 0.1) is 5.69 Å². The third-order valence-electron chi connectivity index (χ3n) is 2.93. The number of rotatable bonds is 5. The van der Waals surface area contributed by atoms with Crippen LogP contribution in [0.1, 0.15) is 10.4 Å². The monoisotopic (exact) mass is 315 g/mol. The van der Waals surface area contributed by atoms with Gasteiger partial charge in [0.1, 0.15) is 0 Å². The Kier molecular flexibility index (Phi) is 4.16. The first-order chi connectivity index (χ1) is 10.3. The second-order valence-corrected chi connectivity index (χ2v) is 4.43. The molecule has 0 spiro atoms. The van der Waals surface area contributed by atoms with Crippen molar-refractivity contribution in [1.29, 1.82) is 0 Å². The Balaban J connectivity index is 2.36. The van der Waals surface area contributed by atoms with Crippen molar-refractivity contribution in [2.75, 3.05) is 5.12 Å². The van der Waals surface area contributed by atoms with E-state index in [1.807, 2.05) is 0 Å². The van der Waals surface area contributed by atoms with Crippen LogP contribution in [0.4, 0.5) is 27.7 Å². The summed E-state index contributed by atoms with van der Waals surface area (Å²) < 4.78 is 69.0. The zero-order valence-electron chi connectivity index (χ0n) is 11.0. The molecule has 0 saturated heterocycles. The number of alkyl halides is 4. The van der Waals surface area contributed by atoms with E-state index in [0.29, 0.717) is 0 Å². The van der Waals surface area contributed by atoms with Crippen LogP contribution in [0.3, 0.4) is 0 Å². The van der Waals surface area contributed by atoms with E-state index in [0.717, 1.165) is 24.3 Å². The second kappa shape index (κ2) is 5.75. The molecule has 2 rings (SSSR count). The summed E-state index contributed by atoms with van der Waals surface area (Å²) in [5.74, 6) is -7.39. The predicted molar refractivity (Wildman–Crippen MR) is 70.7 cm³/mol. The van der Waals surface area contributed by atoms with Crippen LogP contribution >= 0.6 is 0 Å². The maximum atomic E-state index is 13.8. The van der Waals surface area contributed by atoms with Gasteiger partial charge >= 0.3 is 12.0 Å². The lowest BCUT2D eigenvalue weighted by molar-refractivity contribution is -0.195. The van der Waals surface area contributed by atoms with Crippen molar-refractivity contribution in [2.24, 2.45) is 0 Å². The highest BCUT2D eigenvalue weighted by molar-refractivity contribution is 6.02. The number of hydrogen-bond acceptors (Lipinski definition) is 2. The summed E-state index contributed by atoms with van der Waals surface area (Å²) in [6.45, 7) is 0. The second-order valence-electron chi connectivity index (χ2n) is 4.43. The first kappa shape index (κ1) is 15.9. The number of halogens is 5. The minimum atomic E-state index is -5.33. The maximum Gasteiger partial charge on any atom is 0.421 e. The lowest BCUT2D eigenvalue weighted by atomic mass is 10.0. The van der Waals surface area contributed by atoms with E-state index in [9.17, 15) is 26.8 Å². The predicted octanol–water partition coefficient (Wildman–Crippen LogP) is 4.49. The van der Waals surface area contributed by atoms with Gasteiger partial charge in [0.2, 0.25) is 5.78 Å². The lowest BCUT2D eigenvalue weighted by Crippen LogP contribution is -2.55. The molecule has 2 aromatic rings. The molecule has 0 amide bonds. The van der Waals surface area contributed by atoms with Crippen molar-refractivity contribution in [1.82, 2.24) is 0 Å². The topological polar surface area (TPSA) is 20.3 Å². The first-order valence-electron chi connectivity index (χ1n) is 6.15. The zero-order chi connectivity index (χ0) is 16.4. The number of anilines is 1. The fourth-order valence-corrected chi connectivity index (χ4v) is 1.75. The van der Waals surface area contributed by atoms with E-state index in [1.54, 1.807) is 0 Å². The summed E-state index contributed by atoms with van der Waals surface area (Å²) in [6, 6.07) is 6.08. The van der Waals surface area contributed by atoms with Gasteiger partial charge in [-0.1, -0.05) is 53.0 Å². The third kappa shape index (κ3) is 2.66. The summed E-state index contributed by atoms with van der Waals surface area (Å²) in [4.78, 5) is 11.6. The van der Waals surface area contributed by atoms with Crippen LogP contribution in [-0.2, 0) is 0 Å². The fourth-order valence-electron chi connectivity index (χ4n) is 1.75. The van der Waals surface area contributed by atoms with Crippen molar-refractivity contribution in [2.45, 2.75) is 12.0 Å². The number of carbonyl (C=O) groups is 1. The summed E-state index contributed by atoms with van der Waals surface area (Å²) in [7, 11) is 0. The van der Waals surface area contributed by atoms with Gasteiger partial charge < -0.3 is 0 Å². The highest BCUT2D eigenvalue weighted by Gasteiger charge is 2.66. The Morgan fingerprint density at radius 1 is 0.818 bits per heavy atom. The molecule has 22 heavy (non-hydrogen) atoms. The van der Waals surface area contributed by atoms with Crippen LogP contribution in [0.25, 0.3) is 0 Å². The number of Topliss-reactive ketones (excluding diaryl/α,β-unsaturated/α-hetero) is 1.